The topological polar surface area (TPSA) is 90.6 Å². The van der Waals surface area contributed by atoms with Crippen molar-refractivity contribution in [2.75, 3.05) is 13.1 Å². The summed E-state index contributed by atoms with van der Waals surface area (Å²) in [5.41, 5.74) is 0.720. The van der Waals surface area contributed by atoms with Gasteiger partial charge in [0.2, 0.25) is 10.0 Å². The van der Waals surface area contributed by atoms with Crippen LogP contribution in [0.4, 0.5) is 0 Å². The Morgan fingerprint density at radius 2 is 1.96 bits per heavy atom. The van der Waals surface area contributed by atoms with E-state index in [1.54, 1.807) is 6.92 Å². The molecule has 7 heteroatoms. The number of benzene rings is 1. The maximum Gasteiger partial charge on any atom is 0.243 e. The fourth-order valence-corrected chi connectivity index (χ4v) is 4.43. The minimum Gasteiger partial charge on any atom is -0.542 e. The van der Waals surface area contributed by atoms with Gasteiger partial charge in [0.15, 0.2) is 5.76 Å². The van der Waals surface area contributed by atoms with Crippen molar-refractivity contribution in [3.8, 4) is 0 Å². The molecule has 1 aliphatic rings. The second-order valence-corrected chi connectivity index (χ2v) is 8.03. The van der Waals surface area contributed by atoms with Crippen LogP contribution in [0.15, 0.2) is 27.5 Å². The molecule has 6 nitrogen and oxygen atoms in total. The van der Waals surface area contributed by atoms with Gasteiger partial charge in [0.1, 0.15) is 11.6 Å². The lowest BCUT2D eigenvalue weighted by Gasteiger charge is -2.29. The van der Waals surface area contributed by atoms with Gasteiger partial charge in [-0.15, -0.1) is 0 Å². The highest BCUT2D eigenvalue weighted by atomic mass is 32.2. The molecule has 1 fully saturated rings. The average molecular weight is 336 g/mol. The van der Waals surface area contributed by atoms with Crippen molar-refractivity contribution >= 4 is 27.0 Å². The molecular formula is C16H18NO5S-. The quantitative estimate of drug-likeness (QED) is 0.847. The Labute approximate surface area is 134 Å². The summed E-state index contributed by atoms with van der Waals surface area (Å²) in [5, 5.41) is 11.5. The van der Waals surface area contributed by atoms with Gasteiger partial charge < -0.3 is 14.3 Å². The van der Waals surface area contributed by atoms with Gasteiger partial charge in [0, 0.05) is 24.0 Å². The summed E-state index contributed by atoms with van der Waals surface area (Å²) in [6.45, 7) is 4.72. The van der Waals surface area contributed by atoms with Crippen molar-refractivity contribution in [2.45, 2.75) is 31.6 Å². The molecule has 1 saturated heterocycles. The molecule has 2 heterocycles. The first-order chi connectivity index (χ1) is 10.8. The van der Waals surface area contributed by atoms with Crippen molar-refractivity contribution < 1.29 is 22.7 Å². The average Bonchev–Trinajstić information content (AvgIpc) is 2.84. The second kappa shape index (κ2) is 5.65. The smallest absolute Gasteiger partial charge is 0.243 e. The number of aromatic carboxylic acids is 1. The fraction of sp³-hybridized carbons (Fsp3) is 0.438. The number of carbonyl (C=O) groups excluding carboxylic acids is 1. The van der Waals surface area contributed by atoms with Crippen molar-refractivity contribution in [1.82, 2.24) is 4.31 Å². The van der Waals surface area contributed by atoms with E-state index >= 15 is 0 Å². The molecule has 1 aromatic heterocycles. The molecule has 0 amide bonds. The zero-order chi connectivity index (χ0) is 16.8. The van der Waals surface area contributed by atoms with Crippen LogP contribution in [-0.2, 0) is 10.0 Å². The highest BCUT2D eigenvalue weighted by Crippen LogP contribution is 2.30. The maximum absolute atomic E-state index is 12.8. The highest BCUT2D eigenvalue weighted by Gasteiger charge is 2.28. The number of hydrogen-bond acceptors (Lipinski definition) is 5. The lowest BCUT2D eigenvalue weighted by molar-refractivity contribution is -0.257. The van der Waals surface area contributed by atoms with Crippen LogP contribution in [-0.4, -0.2) is 31.8 Å². The van der Waals surface area contributed by atoms with E-state index in [0.29, 0.717) is 35.5 Å². The summed E-state index contributed by atoms with van der Waals surface area (Å²) in [4.78, 5) is 11.2. The summed E-state index contributed by atoms with van der Waals surface area (Å²) >= 11 is 0. The predicted octanol–water partition coefficient (Wildman–Crippen LogP) is 1.53. The third-order valence-electron chi connectivity index (χ3n) is 4.47. The van der Waals surface area contributed by atoms with Crippen LogP contribution in [0.5, 0.6) is 0 Å². The van der Waals surface area contributed by atoms with E-state index in [-0.39, 0.29) is 10.7 Å². The SMILES string of the molecule is Cc1c(C(=O)[O-])oc2ccc(S(=O)(=O)N3CCC(C)CC3)cc12. The number of carbonyl (C=O) groups is 1. The van der Waals surface area contributed by atoms with Crippen LogP contribution in [0.1, 0.15) is 35.9 Å². The number of carboxylic acids is 1. The van der Waals surface area contributed by atoms with Gasteiger partial charge in [-0.25, -0.2) is 8.42 Å². The molecule has 0 radical (unpaired) electrons. The lowest BCUT2D eigenvalue weighted by atomic mass is 10.0. The van der Waals surface area contributed by atoms with E-state index in [4.69, 9.17) is 4.42 Å². The summed E-state index contributed by atoms with van der Waals surface area (Å²) in [7, 11) is -3.58. The number of rotatable bonds is 3. The number of nitrogens with zero attached hydrogens (tertiary/aromatic N) is 1. The molecule has 1 aromatic carbocycles. The Bertz CT molecular complexity index is 860. The number of furan rings is 1. The van der Waals surface area contributed by atoms with Gasteiger partial charge in [-0.1, -0.05) is 6.92 Å². The minimum absolute atomic E-state index is 0.161. The molecule has 3 rings (SSSR count). The number of sulfonamides is 1. The van der Waals surface area contributed by atoms with Crippen LogP contribution in [0, 0.1) is 12.8 Å². The Balaban J connectivity index is 2.02. The summed E-state index contributed by atoms with van der Waals surface area (Å²) in [5.74, 6) is -1.14. The number of piperidine rings is 1. The summed E-state index contributed by atoms with van der Waals surface area (Å²) in [6.07, 6.45) is 1.70. The molecule has 1 aliphatic heterocycles. The number of carboxylic acid groups (broad SMARTS) is 1. The Morgan fingerprint density at radius 3 is 2.57 bits per heavy atom. The van der Waals surface area contributed by atoms with Crippen molar-refractivity contribution in [3.63, 3.8) is 0 Å². The van der Waals surface area contributed by atoms with E-state index in [0.717, 1.165) is 12.8 Å². The minimum atomic E-state index is -3.58. The van der Waals surface area contributed by atoms with Gasteiger partial charge >= 0.3 is 0 Å². The molecule has 0 saturated carbocycles. The first kappa shape index (κ1) is 16.0. The highest BCUT2D eigenvalue weighted by molar-refractivity contribution is 7.89. The summed E-state index contributed by atoms with van der Waals surface area (Å²) < 4.78 is 32.2. The third kappa shape index (κ3) is 2.74. The number of aryl methyl sites for hydroxylation is 1. The van der Waals surface area contributed by atoms with Gasteiger partial charge in [0.05, 0.1) is 4.90 Å². The second-order valence-electron chi connectivity index (χ2n) is 6.09. The standard InChI is InChI=1S/C16H19NO5S/c1-10-5-7-17(8-6-10)23(20,21)12-3-4-14-13(9-12)11(2)15(22-14)16(18)19/h3-4,9-10H,5-8H2,1-2H3,(H,18,19)/p-1. The molecule has 0 atom stereocenters. The van der Waals surface area contributed by atoms with Crippen molar-refractivity contribution in [2.24, 2.45) is 5.92 Å². The fourth-order valence-electron chi connectivity index (χ4n) is 2.93. The number of hydrogen-bond donors (Lipinski definition) is 0. The Kier molecular flexibility index (Phi) is 3.93. The van der Waals surface area contributed by atoms with Crippen LogP contribution < -0.4 is 5.11 Å². The van der Waals surface area contributed by atoms with E-state index in [9.17, 15) is 18.3 Å². The lowest BCUT2D eigenvalue weighted by Crippen LogP contribution is -2.37. The van der Waals surface area contributed by atoms with Crippen LogP contribution in [0.3, 0.4) is 0 Å². The van der Waals surface area contributed by atoms with Crippen molar-refractivity contribution in [1.29, 1.82) is 0 Å². The van der Waals surface area contributed by atoms with Crippen LogP contribution in [0.25, 0.3) is 11.0 Å². The molecule has 0 unspecified atom stereocenters. The van der Waals surface area contributed by atoms with E-state index in [1.807, 2.05) is 0 Å². The molecule has 124 valence electrons. The van der Waals surface area contributed by atoms with E-state index in [2.05, 4.69) is 6.92 Å². The largest absolute Gasteiger partial charge is 0.542 e. The monoisotopic (exact) mass is 336 g/mol. The first-order valence-electron chi connectivity index (χ1n) is 7.55. The molecule has 23 heavy (non-hydrogen) atoms. The number of fused-ring (bicyclic) bond motifs is 1. The zero-order valence-electron chi connectivity index (χ0n) is 13.0. The third-order valence-corrected chi connectivity index (χ3v) is 6.37. The normalized spacial score (nSPS) is 17.7. The molecule has 0 spiro atoms. The predicted molar refractivity (Wildman–Crippen MR) is 82.4 cm³/mol. The van der Waals surface area contributed by atoms with Crippen LogP contribution >= 0.6 is 0 Å². The van der Waals surface area contributed by atoms with Crippen molar-refractivity contribution in [3.05, 3.63) is 29.5 Å². The molecular weight excluding hydrogens is 318 g/mol. The molecule has 0 N–H and O–H groups in total. The van der Waals surface area contributed by atoms with Gasteiger partial charge in [-0.05, 0) is 43.9 Å². The molecule has 0 aliphatic carbocycles. The van der Waals surface area contributed by atoms with Gasteiger partial charge in [-0.3, -0.25) is 0 Å². The first-order valence-corrected chi connectivity index (χ1v) is 8.99. The molecule has 2 aromatic rings. The van der Waals surface area contributed by atoms with E-state index in [1.165, 1.54) is 22.5 Å². The summed E-state index contributed by atoms with van der Waals surface area (Å²) in [6, 6.07) is 4.43. The molecule has 0 bridgehead atoms. The van der Waals surface area contributed by atoms with Gasteiger partial charge in [0.25, 0.3) is 0 Å². The Hall–Kier alpha value is -1.86. The Morgan fingerprint density at radius 1 is 1.30 bits per heavy atom. The van der Waals surface area contributed by atoms with Gasteiger partial charge in [-0.2, -0.15) is 4.31 Å². The van der Waals surface area contributed by atoms with E-state index < -0.39 is 16.0 Å². The van der Waals surface area contributed by atoms with Crippen LogP contribution in [0.2, 0.25) is 0 Å². The maximum atomic E-state index is 12.8. The zero-order valence-corrected chi connectivity index (χ0v) is 13.9.